The van der Waals surface area contributed by atoms with Crippen molar-refractivity contribution >= 4 is 18.2 Å². The average Bonchev–Trinajstić information content (AvgIpc) is 2.67. The van der Waals surface area contributed by atoms with Gasteiger partial charge < -0.3 is 14.6 Å². The quantitative estimate of drug-likeness (QED) is 0.509. The Bertz CT molecular complexity index is 845. The van der Waals surface area contributed by atoms with Crippen molar-refractivity contribution in [3.05, 3.63) is 78.1 Å². The molecule has 2 aromatic carbocycles. The molecule has 0 spiro atoms. The maximum absolute atomic E-state index is 12.7. The SMILES string of the molecule is O=C(OCc1ccccc1)C1(C(=O)Oc2ccccc2)C=C(O)C=NC1. The van der Waals surface area contributed by atoms with E-state index in [1.807, 2.05) is 18.2 Å². The van der Waals surface area contributed by atoms with Gasteiger partial charge in [0.2, 0.25) is 5.41 Å². The van der Waals surface area contributed by atoms with Crippen LogP contribution in [0.4, 0.5) is 0 Å². The zero-order valence-corrected chi connectivity index (χ0v) is 13.9. The molecule has 0 fully saturated rings. The van der Waals surface area contributed by atoms with E-state index in [-0.39, 0.29) is 24.7 Å². The number of hydrogen-bond acceptors (Lipinski definition) is 6. The summed E-state index contributed by atoms with van der Waals surface area (Å²) in [6.07, 6.45) is 2.30. The molecule has 0 saturated carbocycles. The summed E-state index contributed by atoms with van der Waals surface area (Å²) in [6.45, 7) is -0.200. The van der Waals surface area contributed by atoms with Crippen molar-refractivity contribution in [3.8, 4) is 5.75 Å². The molecule has 1 heterocycles. The number of aliphatic imine (C=N–C) groups is 1. The Morgan fingerprint density at radius 2 is 1.65 bits per heavy atom. The summed E-state index contributed by atoms with van der Waals surface area (Å²) in [6, 6.07) is 17.5. The van der Waals surface area contributed by atoms with Gasteiger partial charge in [0.15, 0.2) is 0 Å². The van der Waals surface area contributed by atoms with Crippen LogP contribution in [0.1, 0.15) is 5.56 Å². The molecule has 3 rings (SSSR count). The van der Waals surface area contributed by atoms with E-state index >= 15 is 0 Å². The van der Waals surface area contributed by atoms with Gasteiger partial charge in [-0.3, -0.25) is 9.79 Å². The summed E-state index contributed by atoms with van der Waals surface area (Å²) in [5, 5.41) is 9.79. The fraction of sp³-hybridized carbons (Fsp3) is 0.150. The van der Waals surface area contributed by atoms with Crippen molar-refractivity contribution in [1.82, 2.24) is 0 Å². The van der Waals surface area contributed by atoms with Gasteiger partial charge in [0.05, 0.1) is 12.8 Å². The van der Waals surface area contributed by atoms with Crippen LogP contribution in [0, 0.1) is 5.41 Å². The van der Waals surface area contributed by atoms with Crippen LogP contribution in [0.25, 0.3) is 0 Å². The van der Waals surface area contributed by atoms with Crippen LogP contribution < -0.4 is 4.74 Å². The van der Waals surface area contributed by atoms with Crippen LogP contribution in [0.5, 0.6) is 5.75 Å². The number of rotatable bonds is 5. The smallest absolute Gasteiger partial charge is 0.334 e. The van der Waals surface area contributed by atoms with Gasteiger partial charge in [-0.15, -0.1) is 0 Å². The van der Waals surface area contributed by atoms with E-state index < -0.39 is 17.4 Å². The minimum absolute atomic E-state index is 0.00163. The molecule has 1 atom stereocenters. The maximum Gasteiger partial charge on any atom is 0.334 e. The normalized spacial score (nSPS) is 18.7. The first-order chi connectivity index (χ1) is 12.6. The molecule has 26 heavy (non-hydrogen) atoms. The highest BCUT2D eigenvalue weighted by atomic mass is 16.6. The molecule has 0 amide bonds. The molecule has 1 N–H and O–H groups in total. The second-order valence-corrected chi connectivity index (χ2v) is 5.77. The molecule has 0 aromatic heterocycles. The molecule has 1 unspecified atom stereocenters. The Labute approximate surface area is 150 Å². The van der Waals surface area contributed by atoms with Crippen molar-refractivity contribution in [2.24, 2.45) is 10.4 Å². The Morgan fingerprint density at radius 3 is 2.31 bits per heavy atom. The monoisotopic (exact) mass is 351 g/mol. The standard InChI is InChI=1S/C20H17NO5/c22-16-11-20(14-21-12-16,19(24)26-17-9-5-2-6-10-17)18(23)25-13-15-7-3-1-4-8-15/h1-12,22H,13-14H2. The number of benzene rings is 2. The molecule has 132 valence electrons. The third kappa shape index (κ3) is 3.80. The molecular weight excluding hydrogens is 334 g/mol. The Kier molecular flexibility index (Phi) is 5.12. The van der Waals surface area contributed by atoms with Gasteiger partial charge in [-0.2, -0.15) is 0 Å². The molecule has 0 bridgehead atoms. The Hall–Kier alpha value is -3.41. The van der Waals surface area contributed by atoms with E-state index in [0.717, 1.165) is 11.6 Å². The number of dihydropyridines is 1. The van der Waals surface area contributed by atoms with E-state index in [1.54, 1.807) is 42.5 Å². The number of carbonyl (C=O) groups is 2. The largest absolute Gasteiger partial charge is 0.507 e. The number of para-hydroxylation sites is 1. The predicted octanol–water partition coefficient (Wildman–Crippen LogP) is 2.85. The van der Waals surface area contributed by atoms with Crippen molar-refractivity contribution in [3.63, 3.8) is 0 Å². The first-order valence-corrected chi connectivity index (χ1v) is 8.00. The third-order valence-electron chi connectivity index (χ3n) is 3.85. The number of carbonyl (C=O) groups excluding carboxylic acids is 2. The minimum Gasteiger partial charge on any atom is -0.507 e. The van der Waals surface area contributed by atoms with Gasteiger partial charge in [0, 0.05) is 0 Å². The maximum atomic E-state index is 12.7. The van der Waals surface area contributed by atoms with Gasteiger partial charge in [0.25, 0.3) is 0 Å². The molecule has 6 nitrogen and oxygen atoms in total. The van der Waals surface area contributed by atoms with Crippen LogP contribution in [-0.4, -0.2) is 29.8 Å². The van der Waals surface area contributed by atoms with Gasteiger partial charge >= 0.3 is 11.9 Å². The first kappa shape index (κ1) is 17.4. The lowest BCUT2D eigenvalue weighted by Gasteiger charge is -2.26. The lowest BCUT2D eigenvalue weighted by molar-refractivity contribution is -0.164. The van der Waals surface area contributed by atoms with Gasteiger partial charge in [-0.05, 0) is 23.8 Å². The van der Waals surface area contributed by atoms with Gasteiger partial charge in [0.1, 0.15) is 18.1 Å². The number of nitrogens with zero attached hydrogens (tertiary/aromatic N) is 1. The van der Waals surface area contributed by atoms with Gasteiger partial charge in [-0.1, -0.05) is 48.5 Å². The molecule has 0 radical (unpaired) electrons. The van der Waals surface area contributed by atoms with E-state index in [0.29, 0.717) is 0 Å². The molecule has 0 saturated heterocycles. The highest BCUT2D eigenvalue weighted by molar-refractivity contribution is 6.05. The Morgan fingerprint density at radius 1 is 1.00 bits per heavy atom. The number of ether oxygens (including phenoxy) is 2. The number of allylic oxidation sites excluding steroid dienone is 1. The predicted molar refractivity (Wildman–Crippen MR) is 94.8 cm³/mol. The molecular formula is C20H17NO5. The van der Waals surface area contributed by atoms with E-state index in [2.05, 4.69) is 4.99 Å². The first-order valence-electron chi connectivity index (χ1n) is 8.00. The van der Waals surface area contributed by atoms with Crippen LogP contribution in [0.15, 0.2) is 77.5 Å². The number of aliphatic hydroxyl groups is 1. The molecule has 6 heteroatoms. The second-order valence-electron chi connectivity index (χ2n) is 5.77. The summed E-state index contributed by atoms with van der Waals surface area (Å²) in [5.74, 6) is -1.69. The van der Waals surface area contributed by atoms with Crippen LogP contribution in [-0.2, 0) is 20.9 Å². The van der Waals surface area contributed by atoms with Gasteiger partial charge in [-0.25, -0.2) is 4.79 Å². The minimum atomic E-state index is -1.83. The molecule has 1 aliphatic heterocycles. The zero-order valence-electron chi connectivity index (χ0n) is 13.9. The van der Waals surface area contributed by atoms with Crippen LogP contribution >= 0.6 is 0 Å². The lowest BCUT2D eigenvalue weighted by atomic mass is 9.86. The van der Waals surface area contributed by atoms with E-state index in [9.17, 15) is 14.7 Å². The number of aliphatic hydroxyl groups excluding tert-OH is 1. The fourth-order valence-corrected chi connectivity index (χ4v) is 2.49. The molecule has 2 aromatic rings. The molecule has 0 aliphatic carbocycles. The number of esters is 2. The van der Waals surface area contributed by atoms with Crippen molar-refractivity contribution in [2.45, 2.75) is 6.61 Å². The van der Waals surface area contributed by atoms with E-state index in [4.69, 9.17) is 9.47 Å². The highest BCUT2D eigenvalue weighted by Crippen LogP contribution is 2.29. The fourth-order valence-electron chi connectivity index (χ4n) is 2.49. The number of hydrogen-bond donors (Lipinski definition) is 1. The lowest BCUT2D eigenvalue weighted by Crippen LogP contribution is -2.45. The zero-order chi connectivity index (χ0) is 18.4. The van der Waals surface area contributed by atoms with E-state index in [1.165, 1.54) is 6.21 Å². The summed E-state index contributed by atoms with van der Waals surface area (Å²) in [4.78, 5) is 29.4. The van der Waals surface area contributed by atoms with Crippen LogP contribution in [0.3, 0.4) is 0 Å². The average molecular weight is 351 g/mol. The Balaban J connectivity index is 1.81. The topological polar surface area (TPSA) is 85.2 Å². The molecule has 1 aliphatic rings. The summed E-state index contributed by atoms with van der Waals surface area (Å²) < 4.78 is 10.6. The third-order valence-corrected chi connectivity index (χ3v) is 3.85. The van der Waals surface area contributed by atoms with Crippen molar-refractivity contribution in [2.75, 3.05) is 6.54 Å². The summed E-state index contributed by atoms with van der Waals surface area (Å²) >= 11 is 0. The highest BCUT2D eigenvalue weighted by Gasteiger charge is 2.49. The van der Waals surface area contributed by atoms with Crippen molar-refractivity contribution < 1.29 is 24.2 Å². The van der Waals surface area contributed by atoms with Crippen molar-refractivity contribution in [1.29, 1.82) is 0 Å². The summed E-state index contributed by atoms with van der Waals surface area (Å²) in [5.41, 5.74) is -1.05. The second kappa shape index (κ2) is 7.65. The van der Waals surface area contributed by atoms with Crippen LogP contribution in [0.2, 0.25) is 0 Å². The summed E-state index contributed by atoms with van der Waals surface area (Å²) in [7, 11) is 0.